The van der Waals surface area contributed by atoms with E-state index in [2.05, 4.69) is 33.5 Å². The van der Waals surface area contributed by atoms with Gasteiger partial charge < -0.3 is 9.84 Å². The molecule has 2 aromatic heterocycles. The maximum atomic E-state index is 13.2. The molecule has 0 saturated heterocycles. The van der Waals surface area contributed by atoms with E-state index in [1.54, 1.807) is 11.0 Å². The zero-order valence-corrected chi connectivity index (χ0v) is 18.8. The van der Waals surface area contributed by atoms with E-state index in [9.17, 15) is 4.79 Å². The number of rotatable bonds is 7. The average molecular weight is 448 g/mol. The second kappa shape index (κ2) is 10.9. The Morgan fingerprint density at radius 1 is 1.15 bits per heavy atom. The van der Waals surface area contributed by atoms with Crippen LogP contribution < -0.4 is 15.0 Å². The zero-order valence-electron chi connectivity index (χ0n) is 18.8. The van der Waals surface area contributed by atoms with Crippen LogP contribution in [0.3, 0.4) is 0 Å². The summed E-state index contributed by atoms with van der Waals surface area (Å²) in [6.45, 7) is 0.796. The summed E-state index contributed by atoms with van der Waals surface area (Å²) in [5.74, 6) is 1.45. The number of nitrogens with one attached hydrogen (secondary N) is 1. The number of nitrogens with zero attached hydrogens (tertiary/aromatic N) is 4. The molecule has 2 N–H and O–H groups in total. The first-order valence-corrected chi connectivity index (χ1v) is 11.3. The standard InChI is InChI=1S/C25H29N5O3/c1-33-23-16-22(26-17-27-23)29-25(32)30-13-4-2-9-19-11-12-21(28-24(19)30)20-10-6-8-18(15-20)7-3-5-14-31/h6,8,10-12,15-17,31H,2-5,7,9,13-14H2,1H3,(H,26,27,29,32). The van der Waals surface area contributed by atoms with Crippen LogP contribution in [0.15, 0.2) is 48.8 Å². The Hall–Kier alpha value is -3.52. The van der Waals surface area contributed by atoms with Crippen molar-refractivity contribution in [2.24, 2.45) is 0 Å². The fraction of sp³-hybridized carbons (Fsp3) is 0.360. The lowest BCUT2D eigenvalue weighted by Crippen LogP contribution is -2.36. The predicted molar refractivity (Wildman–Crippen MR) is 128 cm³/mol. The number of aliphatic hydroxyl groups excluding tert-OH is 1. The number of carbonyl (C=O) groups excluding carboxylic acids is 1. The van der Waals surface area contributed by atoms with Gasteiger partial charge >= 0.3 is 6.03 Å². The number of methoxy groups -OCH3 is 1. The molecule has 1 aromatic carbocycles. The van der Waals surface area contributed by atoms with Gasteiger partial charge in [-0.05, 0) is 61.8 Å². The highest BCUT2D eigenvalue weighted by Gasteiger charge is 2.24. The highest BCUT2D eigenvalue weighted by atomic mass is 16.5. The maximum absolute atomic E-state index is 13.2. The maximum Gasteiger partial charge on any atom is 0.328 e. The lowest BCUT2D eigenvalue weighted by Gasteiger charge is -2.22. The van der Waals surface area contributed by atoms with Crippen LogP contribution in [-0.4, -0.2) is 46.4 Å². The van der Waals surface area contributed by atoms with Crippen LogP contribution in [-0.2, 0) is 12.8 Å². The van der Waals surface area contributed by atoms with E-state index in [4.69, 9.17) is 14.8 Å². The number of carbonyl (C=O) groups is 1. The van der Waals surface area contributed by atoms with Gasteiger partial charge in [-0.15, -0.1) is 0 Å². The number of fused-ring (bicyclic) bond motifs is 1. The molecule has 0 radical (unpaired) electrons. The number of hydrogen-bond donors (Lipinski definition) is 2. The van der Waals surface area contributed by atoms with Crippen LogP contribution in [0.1, 0.15) is 36.8 Å². The van der Waals surface area contributed by atoms with E-state index in [-0.39, 0.29) is 12.6 Å². The molecule has 172 valence electrons. The molecule has 3 aromatic rings. The molecule has 0 fully saturated rings. The minimum Gasteiger partial charge on any atom is -0.481 e. The quantitative estimate of drug-likeness (QED) is 0.526. The predicted octanol–water partition coefficient (Wildman–Crippen LogP) is 4.24. The van der Waals surface area contributed by atoms with Gasteiger partial charge in [0.05, 0.1) is 12.8 Å². The van der Waals surface area contributed by atoms with E-state index < -0.39 is 0 Å². The number of unbranched alkanes of at least 4 members (excludes halogenated alkanes) is 1. The van der Waals surface area contributed by atoms with Crippen molar-refractivity contribution in [3.8, 4) is 17.1 Å². The topological polar surface area (TPSA) is 100 Å². The zero-order chi connectivity index (χ0) is 23.0. The summed E-state index contributed by atoms with van der Waals surface area (Å²) < 4.78 is 5.12. The Balaban J connectivity index is 1.60. The van der Waals surface area contributed by atoms with Gasteiger partial charge in [0.25, 0.3) is 0 Å². The molecule has 3 heterocycles. The second-order valence-corrected chi connectivity index (χ2v) is 8.04. The summed E-state index contributed by atoms with van der Waals surface area (Å²) >= 11 is 0. The molecule has 0 spiro atoms. The minimum absolute atomic E-state index is 0.214. The smallest absolute Gasteiger partial charge is 0.328 e. The normalized spacial score (nSPS) is 13.2. The van der Waals surface area contributed by atoms with Crippen molar-refractivity contribution in [3.63, 3.8) is 0 Å². The van der Waals surface area contributed by atoms with E-state index in [1.165, 1.54) is 19.0 Å². The largest absolute Gasteiger partial charge is 0.481 e. The first-order valence-electron chi connectivity index (χ1n) is 11.3. The number of aromatic nitrogens is 3. The number of ether oxygens (including phenoxy) is 1. The summed E-state index contributed by atoms with van der Waals surface area (Å²) in [7, 11) is 1.52. The minimum atomic E-state index is -0.277. The molecule has 0 aliphatic carbocycles. The number of hydrogen-bond acceptors (Lipinski definition) is 6. The third-order valence-corrected chi connectivity index (χ3v) is 5.72. The molecule has 1 aliphatic rings. The molecule has 8 nitrogen and oxygen atoms in total. The lowest BCUT2D eigenvalue weighted by molar-refractivity contribution is 0.256. The summed E-state index contributed by atoms with van der Waals surface area (Å²) in [6.07, 6.45) is 6.79. The summed E-state index contributed by atoms with van der Waals surface area (Å²) in [5.41, 5.74) is 4.13. The Morgan fingerprint density at radius 2 is 2.06 bits per heavy atom. The van der Waals surface area contributed by atoms with Gasteiger partial charge in [-0.3, -0.25) is 10.2 Å². The number of urea groups is 1. The van der Waals surface area contributed by atoms with Crippen molar-refractivity contribution in [1.82, 2.24) is 15.0 Å². The van der Waals surface area contributed by atoms with Crippen molar-refractivity contribution in [3.05, 3.63) is 59.9 Å². The van der Waals surface area contributed by atoms with E-state index in [0.717, 1.165) is 55.3 Å². The molecule has 33 heavy (non-hydrogen) atoms. The third-order valence-electron chi connectivity index (χ3n) is 5.72. The van der Waals surface area contributed by atoms with Crippen molar-refractivity contribution < 1.29 is 14.6 Å². The van der Waals surface area contributed by atoms with Gasteiger partial charge in [-0.2, -0.15) is 0 Å². The fourth-order valence-electron chi connectivity index (χ4n) is 3.98. The highest BCUT2D eigenvalue weighted by Crippen LogP contribution is 2.29. The van der Waals surface area contributed by atoms with Crippen molar-refractivity contribution >= 4 is 17.7 Å². The Labute approximate surface area is 193 Å². The molecule has 2 amide bonds. The molecule has 0 bridgehead atoms. The first-order chi connectivity index (χ1) is 16.2. The molecule has 8 heteroatoms. The van der Waals surface area contributed by atoms with Gasteiger partial charge in [0.2, 0.25) is 5.88 Å². The molecular weight excluding hydrogens is 418 g/mol. The van der Waals surface area contributed by atoms with Crippen LogP contribution in [0.5, 0.6) is 5.88 Å². The number of aryl methyl sites for hydroxylation is 2. The number of pyridine rings is 1. The Morgan fingerprint density at radius 3 is 2.91 bits per heavy atom. The van der Waals surface area contributed by atoms with Crippen molar-refractivity contribution in [2.45, 2.75) is 38.5 Å². The van der Waals surface area contributed by atoms with Crippen molar-refractivity contribution in [1.29, 1.82) is 0 Å². The number of anilines is 2. The van der Waals surface area contributed by atoms with E-state index in [0.29, 0.717) is 24.1 Å². The molecule has 0 saturated carbocycles. The number of benzene rings is 1. The van der Waals surface area contributed by atoms with Gasteiger partial charge in [0, 0.05) is 24.8 Å². The second-order valence-electron chi connectivity index (χ2n) is 8.04. The summed E-state index contributed by atoms with van der Waals surface area (Å²) in [4.78, 5) is 27.9. The number of aliphatic hydroxyl groups is 1. The highest BCUT2D eigenvalue weighted by molar-refractivity contribution is 6.01. The number of amides is 2. The van der Waals surface area contributed by atoms with Crippen LogP contribution in [0.4, 0.5) is 16.4 Å². The Kier molecular flexibility index (Phi) is 7.47. The van der Waals surface area contributed by atoms with Crippen LogP contribution in [0.25, 0.3) is 11.3 Å². The van der Waals surface area contributed by atoms with Gasteiger partial charge in [-0.25, -0.2) is 19.7 Å². The summed E-state index contributed by atoms with van der Waals surface area (Å²) in [6, 6.07) is 13.7. The molecule has 0 atom stereocenters. The fourth-order valence-corrected chi connectivity index (χ4v) is 3.98. The molecule has 0 unspecified atom stereocenters. The lowest BCUT2D eigenvalue weighted by atomic mass is 10.0. The molecule has 1 aliphatic heterocycles. The van der Waals surface area contributed by atoms with E-state index >= 15 is 0 Å². The van der Waals surface area contributed by atoms with Crippen LogP contribution >= 0.6 is 0 Å². The first kappa shape index (κ1) is 22.7. The van der Waals surface area contributed by atoms with Crippen LogP contribution in [0, 0.1) is 0 Å². The van der Waals surface area contributed by atoms with E-state index in [1.807, 2.05) is 18.2 Å². The van der Waals surface area contributed by atoms with Gasteiger partial charge in [-0.1, -0.05) is 24.3 Å². The Bertz CT molecular complexity index is 1100. The van der Waals surface area contributed by atoms with Crippen molar-refractivity contribution in [2.75, 3.05) is 30.5 Å². The average Bonchev–Trinajstić information content (AvgIpc) is 3.06. The molecular formula is C25H29N5O3. The van der Waals surface area contributed by atoms with Crippen LogP contribution in [0.2, 0.25) is 0 Å². The SMILES string of the molecule is COc1cc(NC(=O)N2CCCCc3ccc(-c4cccc(CCCCO)c4)nc32)ncn1. The monoisotopic (exact) mass is 447 g/mol. The van der Waals surface area contributed by atoms with Gasteiger partial charge in [0.1, 0.15) is 18.0 Å². The third kappa shape index (κ3) is 5.64. The van der Waals surface area contributed by atoms with Gasteiger partial charge in [0.15, 0.2) is 0 Å². The molecule has 4 rings (SSSR count). The summed E-state index contributed by atoms with van der Waals surface area (Å²) in [5, 5.41) is 11.9.